The Kier molecular flexibility index (Phi) is 8.14. The summed E-state index contributed by atoms with van der Waals surface area (Å²) in [5.41, 5.74) is 5.19. The summed E-state index contributed by atoms with van der Waals surface area (Å²) in [6, 6.07) is -0.683. The minimum absolute atomic E-state index is 0.275. The van der Waals surface area contributed by atoms with Crippen molar-refractivity contribution in [3.8, 4) is 0 Å². The zero-order valence-corrected chi connectivity index (χ0v) is 11.0. The number of thioether (sulfide) groups is 1. The van der Waals surface area contributed by atoms with Gasteiger partial charge in [0.1, 0.15) is 6.04 Å². The lowest BCUT2D eigenvalue weighted by Crippen LogP contribution is -2.30. The number of carbonyl (C=O) groups excluding carboxylic acids is 1. The summed E-state index contributed by atoms with van der Waals surface area (Å²) in [6.45, 7) is 0.369. The van der Waals surface area contributed by atoms with Crippen molar-refractivity contribution >= 4 is 29.7 Å². The Morgan fingerprint density at radius 3 is 2.39 bits per heavy atom. The number of imide groups is 1. The minimum Gasteiger partial charge on any atom is -0.480 e. The Hall–Kier alpha value is -1.28. The molecule has 0 radical (unpaired) electrons. The third kappa shape index (κ3) is 6.45. The summed E-state index contributed by atoms with van der Waals surface area (Å²) in [7, 11) is 0. The van der Waals surface area contributed by atoms with E-state index in [9.17, 15) is 14.4 Å². The maximum atomic E-state index is 10.6. The summed E-state index contributed by atoms with van der Waals surface area (Å²) >= 11 is 1.60. The molecule has 0 unspecified atom stereocenters. The predicted octanol–water partition coefficient (Wildman–Crippen LogP) is 0.438. The molecule has 0 aromatic carbocycles. The van der Waals surface area contributed by atoms with Gasteiger partial charge in [-0.15, -0.1) is 0 Å². The minimum atomic E-state index is -1.13. The molecule has 7 nitrogen and oxygen atoms in total. The molecule has 0 aromatic rings. The third-order valence-corrected chi connectivity index (χ3v) is 2.90. The van der Waals surface area contributed by atoms with E-state index in [0.717, 1.165) is 10.7 Å². The fourth-order valence-corrected chi connectivity index (χ4v) is 1.71. The molecule has 4 N–H and O–H groups in total. The highest BCUT2D eigenvalue weighted by Crippen LogP contribution is 2.08. The van der Waals surface area contributed by atoms with Gasteiger partial charge in [-0.2, -0.15) is 11.8 Å². The van der Waals surface area contributed by atoms with Crippen LogP contribution in [0.25, 0.3) is 0 Å². The van der Waals surface area contributed by atoms with Crippen molar-refractivity contribution in [2.45, 2.75) is 25.3 Å². The highest BCUT2D eigenvalue weighted by molar-refractivity contribution is 7.98. The first-order valence-electron chi connectivity index (χ1n) is 5.40. The summed E-state index contributed by atoms with van der Waals surface area (Å²) < 4.78 is 0. The van der Waals surface area contributed by atoms with Crippen molar-refractivity contribution in [3.05, 3.63) is 0 Å². The number of carbonyl (C=O) groups is 3. The first-order valence-corrected chi connectivity index (χ1v) is 6.80. The van der Waals surface area contributed by atoms with Crippen LogP contribution < -0.4 is 5.73 Å². The largest absolute Gasteiger partial charge is 0.480 e. The van der Waals surface area contributed by atoms with Crippen LogP contribution >= 0.6 is 11.8 Å². The molecule has 1 rings (SSSR count). The quantitative estimate of drug-likeness (QED) is 0.682. The average molecular weight is 278 g/mol. The topological polar surface area (TPSA) is 121 Å². The average Bonchev–Trinajstić information content (AvgIpc) is 2.73. The van der Waals surface area contributed by atoms with Gasteiger partial charge < -0.3 is 15.9 Å². The molecule has 0 aromatic heterocycles. The molecule has 0 bridgehead atoms. The summed E-state index contributed by atoms with van der Waals surface area (Å²) in [5.74, 6) is -0.375. The highest BCUT2D eigenvalue weighted by Gasteiger charge is 2.25. The fraction of sp³-hybridized carbons (Fsp3) is 0.700. The van der Waals surface area contributed by atoms with Gasteiger partial charge in [0.15, 0.2) is 0 Å². The Labute approximate surface area is 109 Å². The number of amides is 2. The van der Waals surface area contributed by atoms with Crippen molar-refractivity contribution in [2.75, 3.05) is 18.6 Å². The number of likely N-dealkylation sites (tertiary alicyclic amines) is 1. The van der Waals surface area contributed by atoms with Gasteiger partial charge in [0.25, 0.3) is 0 Å². The molecular formula is C10H18N2O5S. The van der Waals surface area contributed by atoms with Crippen LogP contribution in [0, 0.1) is 0 Å². The molecule has 1 aliphatic heterocycles. The van der Waals surface area contributed by atoms with Gasteiger partial charge in [-0.1, -0.05) is 0 Å². The van der Waals surface area contributed by atoms with Crippen LogP contribution in [-0.2, 0) is 9.59 Å². The van der Waals surface area contributed by atoms with Gasteiger partial charge in [0.2, 0.25) is 5.91 Å². The Bertz CT molecular complexity index is 311. The van der Waals surface area contributed by atoms with Crippen molar-refractivity contribution in [2.24, 2.45) is 5.73 Å². The van der Waals surface area contributed by atoms with Crippen LogP contribution in [0.4, 0.5) is 4.79 Å². The second-order valence-corrected chi connectivity index (χ2v) is 4.64. The van der Waals surface area contributed by atoms with Crippen LogP contribution in [0.15, 0.2) is 0 Å². The second kappa shape index (κ2) is 8.76. The molecule has 1 heterocycles. The number of hydrogen-bond acceptors (Lipinski definition) is 5. The first kappa shape index (κ1) is 16.7. The lowest BCUT2D eigenvalue weighted by atomic mass is 10.2. The summed E-state index contributed by atoms with van der Waals surface area (Å²) in [4.78, 5) is 31.6. The SMILES string of the molecule is CSCC[C@H](N)C(=O)O.O=C(O)N1CCCC1=O. The van der Waals surface area contributed by atoms with Crippen LogP contribution in [0.1, 0.15) is 19.3 Å². The van der Waals surface area contributed by atoms with Crippen molar-refractivity contribution < 1.29 is 24.6 Å². The van der Waals surface area contributed by atoms with Crippen LogP contribution in [0.3, 0.4) is 0 Å². The molecule has 104 valence electrons. The van der Waals surface area contributed by atoms with Crippen molar-refractivity contribution in [1.29, 1.82) is 0 Å². The molecule has 1 atom stereocenters. The van der Waals surface area contributed by atoms with Crippen LogP contribution in [0.5, 0.6) is 0 Å². The van der Waals surface area contributed by atoms with E-state index in [4.69, 9.17) is 15.9 Å². The molecule has 1 fully saturated rings. The normalized spacial score (nSPS) is 15.9. The number of carboxylic acids is 1. The van der Waals surface area contributed by atoms with Gasteiger partial charge in [0, 0.05) is 13.0 Å². The first-order chi connectivity index (χ1) is 8.40. The zero-order chi connectivity index (χ0) is 14.1. The van der Waals surface area contributed by atoms with E-state index in [1.807, 2.05) is 6.26 Å². The molecular weight excluding hydrogens is 260 g/mol. The van der Waals surface area contributed by atoms with E-state index in [2.05, 4.69) is 0 Å². The number of rotatable bonds is 4. The number of nitrogens with two attached hydrogens (primary N) is 1. The van der Waals surface area contributed by atoms with E-state index in [1.165, 1.54) is 0 Å². The smallest absolute Gasteiger partial charge is 0.414 e. The number of nitrogens with zero attached hydrogens (tertiary/aromatic N) is 1. The zero-order valence-electron chi connectivity index (χ0n) is 10.2. The third-order valence-electron chi connectivity index (χ3n) is 2.25. The molecule has 0 saturated carbocycles. The van der Waals surface area contributed by atoms with E-state index >= 15 is 0 Å². The molecule has 2 amide bonds. The summed E-state index contributed by atoms with van der Waals surface area (Å²) in [5, 5.41) is 16.6. The van der Waals surface area contributed by atoms with Gasteiger partial charge in [-0.3, -0.25) is 9.59 Å². The standard InChI is InChI=1S/C5H7NO3.C5H11NO2S/c7-4-2-1-3-6(4)5(8)9;1-9-3-2-4(6)5(7)8/h1-3H2,(H,8,9);4H,2-3,6H2,1H3,(H,7,8)/t;4-/m.0/s1. The monoisotopic (exact) mass is 278 g/mol. The number of carboxylic acid groups (broad SMARTS) is 2. The van der Waals surface area contributed by atoms with Gasteiger partial charge in [0.05, 0.1) is 0 Å². The molecule has 8 heteroatoms. The van der Waals surface area contributed by atoms with E-state index in [-0.39, 0.29) is 5.91 Å². The summed E-state index contributed by atoms with van der Waals surface area (Å²) in [6.07, 6.45) is 2.40. The van der Waals surface area contributed by atoms with Crippen LogP contribution in [0.2, 0.25) is 0 Å². The molecule has 18 heavy (non-hydrogen) atoms. The second-order valence-electron chi connectivity index (χ2n) is 3.66. The lowest BCUT2D eigenvalue weighted by Gasteiger charge is -2.05. The number of hydrogen-bond donors (Lipinski definition) is 3. The molecule has 1 saturated heterocycles. The Balaban J connectivity index is 0.000000321. The maximum absolute atomic E-state index is 10.6. The van der Waals surface area contributed by atoms with Crippen LogP contribution in [-0.4, -0.2) is 57.7 Å². The van der Waals surface area contributed by atoms with Gasteiger partial charge in [-0.05, 0) is 24.9 Å². The molecule has 0 spiro atoms. The van der Waals surface area contributed by atoms with Gasteiger partial charge in [-0.25, -0.2) is 9.69 Å². The fourth-order valence-electron chi connectivity index (χ4n) is 1.22. The van der Waals surface area contributed by atoms with E-state index < -0.39 is 18.1 Å². The van der Waals surface area contributed by atoms with Gasteiger partial charge >= 0.3 is 12.1 Å². The molecule has 1 aliphatic rings. The van der Waals surface area contributed by atoms with Crippen molar-refractivity contribution in [1.82, 2.24) is 4.90 Å². The Morgan fingerprint density at radius 2 is 2.11 bits per heavy atom. The van der Waals surface area contributed by atoms with E-state index in [1.54, 1.807) is 11.8 Å². The maximum Gasteiger partial charge on any atom is 0.414 e. The Morgan fingerprint density at radius 1 is 1.50 bits per heavy atom. The number of aliphatic carboxylic acids is 1. The lowest BCUT2D eigenvalue weighted by molar-refractivity contribution is -0.138. The molecule has 0 aliphatic carbocycles. The van der Waals surface area contributed by atoms with Crippen molar-refractivity contribution in [3.63, 3.8) is 0 Å². The van der Waals surface area contributed by atoms with E-state index in [0.29, 0.717) is 25.8 Å². The predicted molar refractivity (Wildman–Crippen MR) is 67.6 cm³/mol. The highest BCUT2D eigenvalue weighted by atomic mass is 32.2.